The summed E-state index contributed by atoms with van der Waals surface area (Å²) in [6, 6.07) is 55.1. The number of ether oxygens (including phenoxy) is 1. The summed E-state index contributed by atoms with van der Waals surface area (Å²) in [5, 5.41) is 12.9. The molecule has 0 fully saturated rings. The highest BCUT2D eigenvalue weighted by atomic mass is 16.5. The third kappa shape index (κ3) is 4.75. The summed E-state index contributed by atoms with van der Waals surface area (Å²) in [6.07, 6.45) is 15.9. The molecule has 4 aliphatic rings. The lowest BCUT2D eigenvalue weighted by Crippen LogP contribution is -2.31. The molecule has 0 saturated carbocycles. The maximum absolute atomic E-state index is 6.75. The van der Waals surface area contributed by atoms with Crippen molar-refractivity contribution in [3.63, 3.8) is 0 Å². The average Bonchev–Trinajstić information content (AvgIpc) is 3.79. The SMILES string of the molecule is CC1(C)c2cc(-c3ccc4cc(-c5c6c(c(-c7cccc8ccccc78)c7ccccc57)=CCCC=6)ccc4c3)ccc2-c2c1ccc1ccc3c(c21)OC1C=CC=CC31. The van der Waals surface area contributed by atoms with Crippen molar-refractivity contribution in [2.24, 2.45) is 0 Å². The molecule has 2 atom stereocenters. The number of hydrogen-bond acceptors (Lipinski definition) is 1. The minimum absolute atomic E-state index is 0.0644. The van der Waals surface area contributed by atoms with E-state index in [1.807, 2.05) is 0 Å². The summed E-state index contributed by atoms with van der Waals surface area (Å²) in [7, 11) is 0. The molecule has 0 bridgehead atoms. The Morgan fingerprint density at radius 3 is 1.98 bits per heavy atom. The molecule has 13 rings (SSSR count). The van der Waals surface area contributed by atoms with Gasteiger partial charge in [0.05, 0.1) is 0 Å². The zero-order valence-corrected chi connectivity index (χ0v) is 33.8. The Kier molecular flexibility index (Phi) is 7.09. The van der Waals surface area contributed by atoms with Crippen LogP contribution in [0.5, 0.6) is 5.75 Å². The van der Waals surface area contributed by atoms with Gasteiger partial charge in [0.2, 0.25) is 0 Å². The maximum Gasteiger partial charge on any atom is 0.132 e. The summed E-state index contributed by atoms with van der Waals surface area (Å²) < 4.78 is 6.75. The summed E-state index contributed by atoms with van der Waals surface area (Å²) in [5.74, 6) is 1.33. The van der Waals surface area contributed by atoms with E-state index in [4.69, 9.17) is 4.74 Å². The number of hydrogen-bond donors (Lipinski definition) is 0. The van der Waals surface area contributed by atoms with Crippen LogP contribution in [-0.2, 0) is 5.41 Å². The molecule has 1 aliphatic heterocycles. The van der Waals surface area contributed by atoms with Crippen molar-refractivity contribution >= 4 is 55.2 Å². The molecule has 9 aromatic rings. The summed E-state index contributed by atoms with van der Waals surface area (Å²) in [4.78, 5) is 0. The van der Waals surface area contributed by atoms with Gasteiger partial charge in [0, 0.05) is 22.3 Å². The third-order valence-corrected chi connectivity index (χ3v) is 14.2. The second-order valence-corrected chi connectivity index (χ2v) is 17.7. The van der Waals surface area contributed by atoms with Gasteiger partial charge in [-0.05, 0) is 141 Å². The van der Waals surface area contributed by atoms with Crippen LogP contribution in [0.15, 0.2) is 170 Å². The fourth-order valence-electron chi connectivity index (χ4n) is 11.3. The molecule has 1 heterocycles. The number of rotatable bonds is 3. The predicted octanol–water partition coefficient (Wildman–Crippen LogP) is 13.9. The first kappa shape index (κ1) is 34.0. The Hall–Kier alpha value is -6.96. The molecule has 0 saturated heterocycles. The number of benzene rings is 9. The second kappa shape index (κ2) is 12.5. The van der Waals surface area contributed by atoms with Crippen LogP contribution in [0.3, 0.4) is 0 Å². The minimum Gasteiger partial charge on any atom is -0.484 e. The fourth-order valence-corrected chi connectivity index (χ4v) is 11.3. The normalized spacial score (nSPS) is 17.8. The molecule has 0 amide bonds. The van der Waals surface area contributed by atoms with Crippen LogP contribution in [0.25, 0.3) is 99.7 Å². The van der Waals surface area contributed by atoms with Crippen LogP contribution in [-0.4, -0.2) is 6.10 Å². The van der Waals surface area contributed by atoms with Crippen molar-refractivity contribution < 1.29 is 4.74 Å². The third-order valence-electron chi connectivity index (χ3n) is 14.2. The first-order valence-corrected chi connectivity index (χ1v) is 21.6. The van der Waals surface area contributed by atoms with Crippen molar-refractivity contribution in [1.82, 2.24) is 0 Å². The van der Waals surface area contributed by atoms with Crippen LogP contribution >= 0.6 is 0 Å². The Balaban J connectivity index is 0.923. The van der Waals surface area contributed by atoms with Gasteiger partial charge in [-0.2, -0.15) is 0 Å². The first-order chi connectivity index (χ1) is 29.5. The van der Waals surface area contributed by atoms with Gasteiger partial charge in [-0.15, -0.1) is 0 Å². The van der Waals surface area contributed by atoms with Crippen LogP contribution < -0.4 is 15.2 Å². The van der Waals surface area contributed by atoms with Gasteiger partial charge >= 0.3 is 0 Å². The predicted molar refractivity (Wildman–Crippen MR) is 253 cm³/mol. The molecule has 9 aromatic carbocycles. The quantitative estimate of drug-likeness (QED) is 0.174. The lowest BCUT2D eigenvalue weighted by molar-refractivity contribution is 0.271. The van der Waals surface area contributed by atoms with Crippen LogP contribution in [0.4, 0.5) is 0 Å². The monoisotopic (exact) mass is 766 g/mol. The molecule has 1 heteroatoms. The molecule has 0 N–H and O–H groups in total. The van der Waals surface area contributed by atoms with E-state index < -0.39 is 0 Å². The summed E-state index contributed by atoms with van der Waals surface area (Å²) >= 11 is 0. The van der Waals surface area contributed by atoms with E-state index in [0.717, 1.165) is 18.6 Å². The highest BCUT2D eigenvalue weighted by Crippen LogP contribution is 2.56. The van der Waals surface area contributed by atoms with Gasteiger partial charge in [-0.25, -0.2) is 0 Å². The topological polar surface area (TPSA) is 9.23 Å². The Labute approximate surface area is 349 Å². The highest BCUT2D eigenvalue weighted by molar-refractivity contribution is 6.11. The molecule has 60 heavy (non-hydrogen) atoms. The van der Waals surface area contributed by atoms with E-state index in [1.165, 1.54) is 115 Å². The van der Waals surface area contributed by atoms with Crippen LogP contribution in [0, 0.1) is 0 Å². The molecule has 284 valence electrons. The van der Waals surface area contributed by atoms with Gasteiger partial charge in [-0.3, -0.25) is 0 Å². The van der Waals surface area contributed by atoms with E-state index in [0.29, 0.717) is 0 Å². The molecule has 2 unspecified atom stereocenters. The highest BCUT2D eigenvalue weighted by Gasteiger charge is 2.40. The molecule has 1 nitrogen and oxygen atoms in total. The molecule has 0 aromatic heterocycles. The first-order valence-electron chi connectivity index (χ1n) is 21.6. The summed E-state index contributed by atoms with van der Waals surface area (Å²) in [6.45, 7) is 4.77. The standard InChI is InChI=1S/C59H42O/c1-59(2)51-31-28-36-26-29-49-43-15-9-10-21-53(43)60-58(49)55(36)57(51)50-30-27-40(34-52(50)59)38-22-23-39-33-41(25-24-37(39)32-38)54-45-16-5-7-18-47(45)56(48-19-8-6-17-46(48)54)44-20-11-13-35-12-3-4-14-42(35)44/h3-5,7,9-34,43,53H,6,8H2,1-2H3. The molecule has 3 aliphatic carbocycles. The minimum atomic E-state index is -0.145. The van der Waals surface area contributed by atoms with Crippen molar-refractivity contribution in [2.45, 2.75) is 44.1 Å². The lowest BCUT2D eigenvalue weighted by Gasteiger charge is -2.22. The molecule has 0 radical (unpaired) electrons. The van der Waals surface area contributed by atoms with Gasteiger partial charge in [-0.1, -0.05) is 172 Å². The Morgan fingerprint density at radius 2 is 1.13 bits per heavy atom. The Bertz CT molecular complexity index is 3550. The zero-order chi connectivity index (χ0) is 39.7. The number of fused-ring (bicyclic) bond motifs is 13. The van der Waals surface area contributed by atoms with E-state index in [9.17, 15) is 0 Å². The maximum atomic E-state index is 6.75. The fraction of sp³-hybridized carbons (Fsp3) is 0.119. The summed E-state index contributed by atoms with van der Waals surface area (Å²) in [5.41, 5.74) is 14.3. The van der Waals surface area contributed by atoms with Crippen LogP contribution in [0.1, 0.15) is 49.3 Å². The van der Waals surface area contributed by atoms with Gasteiger partial charge in [0.25, 0.3) is 0 Å². The molecule has 0 spiro atoms. The van der Waals surface area contributed by atoms with Crippen molar-refractivity contribution in [2.75, 3.05) is 0 Å². The van der Waals surface area contributed by atoms with Gasteiger partial charge in [0.15, 0.2) is 0 Å². The molecular weight excluding hydrogens is 725 g/mol. The average molecular weight is 767 g/mol. The van der Waals surface area contributed by atoms with Crippen molar-refractivity contribution in [3.05, 3.63) is 197 Å². The van der Waals surface area contributed by atoms with E-state index in [-0.39, 0.29) is 17.4 Å². The lowest BCUT2D eigenvalue weighted by atomic mass is 9.81. The molecular formula is C59H42O. The largest absolute Gasteiger partial charge is 0.484 e. The van der Waals surface area contributed by atoms with Crippen LogP contribution in [0.2, 0.25) is 0 Å². The number of allylic oxidation sites excluding steroid dienone is 2. The van der Waals surface area contributed by atoms with Crippen molar-refractivity contribution in [3.8, 4) is 50.3 Å². The van der Waals surface area contributed by atoms with Gasteiger partial charge in [0.1, 0.15) is 11.9 Å². The van der Waals surface area contributed by atoms with E-state index >= 15 is 0 Å². The smallest absolute Gasteiger partial charge is 0.132 e. The van der Waals surface area contributed by atoms with Crippen molar-refractivity contribution in [1.29, 1.82) is 0 Å². The zero-order valence-electron chi connectivity index (χ0n) is 33.8. The van der Waals surface area contributed by atoms with Gasteiger partial charge < -0.3 is 4.74 Å². The van der Waals surface area contributed by atoms with E-state index in [2.05, 4.69) is 196 Å². The van der Waals surface area contributed by atoms with E-state index in [1.54, 1.807) is 0 Å². The Morgan fingerprint density at radius 1 is 0.483 bits per heavy atom. The second-order valence-electron chi connectivity index (χ2n) is 17.7.